The molecule has 1 saturated carbocycles. The van der Waals surface area contributed by atoms with Crippen molar-refractivity contribution in [3.63, 3.8) is 0 Å². The van der Waals surface area contributed by atoms with E-state index in [1.54, 1.807) is 5.57 Å². The number of aldehydes is 1. The fourth-order valence-corrected chi connectivity index (χ4v) is 3.28. The lowest BCUT2D eigenvalue weighted by Gasteiger charge is -2.56. The lowest BCUT2D eigenvalue weighted by Crippen LogP contribution is -2.48. The van der Waals surface area contributed by atoms with Gasteiger partial charge in [0.25, 0.3) is 0 Å². The summed E-state index contributed by atoms with van der Waals surface area (Å²) < 4.78 is 0. The number of hydrogen-bond donors (Lipinski definition) is 0. The third-order valence-corrected chi connectivity index (χ3v) is 4.96. The molecule has 0 spiro atoms. The molecule has 0 aromatic rings. The molecule has 0 radical (unpaired) electrons. The SMILES string of the molecule is CC(C)(C=O)CCC1=CC[C@H]2C[C@H]1C2(C)C. The van der Waals surface area contributed by atoms with Gasteiger partial charge in [0.05, 0.1) is 0 Å². The van der Waals surface area contributed by atoms with Crippen molar-refractivity contribution in [2.24, 2.45) is 22.7 Å². The van der Waals surface area contributed by atoms with Gasteiger partial charge in [-0.3, -0.25) is 0 Å². The van der Waals surface area contributed by atoms with Crippen LogP contribution in [-0.4, -0.2) is 6.29 Å². The Morgan fingerprint density at radius 1 is 1.50 bits per heavy atom. The second-order valence-electron chi connectivity index (χ2n) is 6.93. The molecule has 0 aliphatic heterocycles. The maximum atomic E-state index is 10.9. The third-order valence-electron chi connectivity index (χ3n) is 4.96. The van der Waals surface area contributed by atoms with E-state index < -0.39 is 0 Å². The van der Waals surface area contributed by atoms with Crippen molar-refractivity contribution in [1.29, 1.82) is 0 Å². The van der Waals surface area contributed by atoms with Crippen LogP contribution >= 0.6 is 0 Å². The Kier molecular flexibility index (Phi) is 2.76. The highest BCUT2D eigenvalue weighted by Crippen LogP contribution is 2.60. The first-order valence-corrected chi connectivity index (χ1v) is 6.52. The normalized spacial score (nSPS) is 31.6. The van der Waals surface area contributed by atoms with E-state index in [1.165, 1.54) is 12.8 Å². The molecule has 0 unspecified atom stereocenters. The van der Waals surface area contributed by atoms with E-state index in [-0.39, 0.29) is 5.41 Å². The van der Waals surface area contributed by atoms with Gasteiger partial charge in [0.2, 0.25) is 0 Å². The van der Waals surface area contributed by atoms with Crippen molar-refractivity contribution in [3.05, 3.63) is 11.6 Å². The molecule has 0 N–H and O–H groups in total. The molecule has 3 aliphatic rings. The molecule has 3 aliphatic carbocycles. The van der Waals surface area contributed by atoms with Crippen LogP contribution in [0.2, 0.25) is 0 Å². The van der Waals surface area contributed by atoms with Crippen molar-refractivity contribution in [1.82, 2.24) is 0 Å². The van der Waals surface area contributed by atoms with Gasteiger partial charge in [-0.05, 0) is 42.9 Å². The van der Waals surface area contributed by atoms with E-state index >= 15 is 0 Å². The molecular formula is C15H24O. The van der Waals surface area contributed by atoms with Crippen molar-refractivity contribution in [3.8, 4) is 0 Å². The van der Waals surface area contributed by atoms with Crippen LogP contribution in [0.5, 0.6) is 0 Å². The van der Waals surface area contributed by atoms with Crippen LogP contribution < -0.4 is 0 Å². The minimum Gasteiger partial charge on any atom is -0.303 e. The van der Waals surface area contributed by atoms with Gasteiger partial charge in [0.1, 0.15) is 6.29 Å². The van der Waals surface area contributed by atoms with Crippen LogP contribution in [0.25, 0.3) is 0 Å². The molecule has 3 rings (SSSR count). The molecule has 0 aromatic heterocycles. The summed E-state index contributed by atoms with van der Waals surface area (Å²) >= 11 is 0. The fourth-order valence-electron chi connectivity index (χ4n) is 3.28. The summed E-state index contributed by atoms with van der Waals surface area (Å²) in [5.74, 6) is 1.72. The molecule has 2 atom stereocenters. The smallest absolute Gasteiger partial charge is 0.125 e. The van der Waals surface area contributed by atoms with Crippen molar-refractivity contribution >= 4 is 6.29 Å². The first-order chi connectivity index (χ1) is 7.37. The summed E-state index contributed by atoms with van der Waals surface area (Å²) in [6.45, 7) is 8.89. The highest BCUT2D eigenvalue weighted by atomic mass is 16.1. The quantitative estimate of drug-likeness (QED) is 0.517. The molecule has 90 valence electrons. The molecular weight excluding hydrogens is 196 g/mol. The molecule has 0 aromatic carbocycles. The second kappa shape index (κ2) is 3.72. The van der Waals surface area contributed by atoms with Crippen LogP contribution in [0.4, 0.5) is 0 Å². The van der Waals surface area contributed by atoms with Crippen LogP contribution in [-0.2, 0) is 4.79 Å². The average Bonchev–Trinajstić information content (AvgIpc) is 2.26. The zero-order chi connectivity index (χ0) is 12.0. The number of rotatable bonds is 4. The number of carbonyl (C=O) groups is 1. The zero-order valence-corrected chi connectivity index (χ0v) is 11.0. The molecule has 0 amide bonds. The van der Waals surface area contributed by atoms with Crippen LogP contribution in [0.1, 0.15) is 53.4 Å². The minimum absolute atomic E-state index is 0.147. The minimum atomic E-state index is -0.147. The van der Waals surface area contributed by atoms with E-state index in [0.29, 0.717) is 5.41 Å². The van der Waals surface area contributed by atoms with Gasteiger partial charge >= 0.3 is 0 Å². The Labute approximate surface area is 99.3 Å². The van der Waals surface area contributed by atoms with Crippen LogP contribution in [0.15, 0.2) is 11.6 Å². The van der Waals surface area contributed by atoms with Gasteiger partial charge in [-0.15, -0.1) is 0 Å². The Bertz CT molecular complexity index is 322. The summed E-state index contributed by atoms with van der Waals surface area (Å²) in [5.41, 5.74) is 2.00. The number of fused-ring (bicyclic) bond motifs is 1. The summed E-state index contributed by atoms with van der Waals surface area (Å²) in [5, 5.41) is 0. The molecule has 1 heteroatoms. The Hall–Kier alpha value is -0.590. The molecule has 2 bridgehead atoms. The van der Waals surface area contributed by atoms with Gasteiger partial charge in [-0.25, -0.2) is 0 Å². The highest BCUT2D eigenvalue weighted by Gasteiger charge is 2.50. The second-order valence-corrected chi connectivity index (χ2v) is 6.93. The number of allylic oxidation sites excluding steroid dienone is 2. The Morgan fingerprint density at radius 2 is 2.19 bits per heavy atom. The maximum Gasteiger partial charge on any atom is 0.125 e. The molecule has 1 fully saturated rings. The molecule has 0 saturated heterocycles. The molecule has 1 nitrogen and oxygen atoms in total. The predicted molar refractivity (Wildman–Crippen MR) is 67.2 cm³/mol. The van der Waals surface area contributed by atoms with E-state index in [0.717, 1.165) is 31.0 Å². The average molecular weight is 220 g/mol. The lowest BCUT2D eigenvalue weighted by atomic mass is 9.48. The Balaban J connectivity index is 1.97. The monoisotopic (exact) mass is 220 g/mol. The maximum absolute atomic E-state index is 10.9. The molecule has 16 heavy (non-hydrogen) atoms. The Morgan fingerprint density at radius 3 is 2.69 bits per heavy atom. The largest absolute Gasteiger partial charge is 0.303 e. The summed E-state index contributed by atoms with van der Waals surface area (Å²) in [6.07, 6.45) is 8.32. The number of carbonyl (C=O) groups excluding carboxylic acids is 1. The standard InChI is InChI=1S/C15H24O/c1-14(2,10-16)8-7-11-5-6-12-9-13(11)15(12,3)4/h5,10,12-13H,6-9H2,1-4H3/t12-,13+/m0/s1. The van der Waals surface area contributed by atoms with Gasteiger partial charge < -0.3 is 4.79 Å². The van der Waals surface area contributed by atoms with Gasteiger partial charge in [0, 0.05) is 5.41 Å². The van der Waals surface area contributed by atoms with Crippen molar-refractivity contribution in [2.75, 3.05) is 0 Å². The van der Waals surface area contributed by atoms with Crippen LogP contribution in [0.3, 0.4) is 0 Å². The summed E-state index contributed by atoms with van der Waals surface area (Å²) in [4.78, 5) is 10.9. The van der Waals surface area contributed by atoms with E-state index in [4.69, 9.17) is 0 Å². The van der Waals surface area contributed by atoms with Crippen molar-refractivity contribution < 1.29 is 4.79 Å². The van der Waals surface area contributed by atoms with Gasteiger partial charge in [-0.2, -0.15) is 0 Å². The van der Waals surface area contributed by atoms with Crippen molar-refractivity contribution in [2.45, 2.75) is 53.4 Å². The summed E-state index contributed by atoms with van der Waals surface area (Å²) in [7, 11) is 0. The molecule has 0 heterocycles. The zero-order valence-electron chi connectivity index (χ0n) is 11.0. The van der Waals surface area contributed by atoms with Gasteiger partial charge in [0.15, 0.2) is 0 Å². The van der Waals surface area contributed by atoms with Crippen LogP contribution in [0, 0.1) is 22.7 Å². The highest BCUT2D eigenvalue weighted by molar-refractivity contribution is 5.57. The summed E-state index contributed by atoms with van der Waals surface area (Å²) in [6, 6.07) is 0. The predicted octanol–water partition coefficient (Wildman–Crippen LogP) is 3.98. The number of hydrogen-bond acceptors (Lipinski definition) is 1. The first-order valence-electron chi connectivity index (χ1n) is 6.52. The first kappa shape index (κ1) is 11.9. The lowest BCUT2D eigenvalue weighted by molar-refractivity contribution is -0.115. The van der Waals surface area contributed by atoms with E-state index in [1.807, 2.05) is 13.8 Å². The fraction of sp³-hybridized carbons (Fsp3) is 0.800. The topological polar surface area (TPSA) is 17.1 Å². The van der Waals surface area contributed by atoms with E-state index in [2.05, 4.69) is 19.9 Å². The van der Waals surface area contributed by atoms with E-state index in [9.17, 15) is 4.79 Å². The third kappa shape index (κ3) is 1.85. The van der Waals surface area contributed by atoms with Gasteiger partial charge in [-0.1, -0.05) is 39.3 Å².